The topological polar surface area (TPSA) is 21.3 Å². The van der Waals surface area contributed by atoms with Crippen molar-refractivity contribution in [1.29, 1.82) is 0 Å². The zero-order valence-corrected chi connectivity index (χ0v) is 11.0. The van der Waals surface area contributed by atoms with Gasteiger partial charge in [0, 0.05) is 24.4 Å². The highest BCUT2D eigenvalue weighted by molar-refractivity contribution is 6.30. The van der Waals surface area contributed by atoms with Gasteiger partial charge in [0.25, 0.3) is 0 Å². The van der Waals surface area contributed by atoms with Gasteiger partial charge in [0.2, 0.25) is 0 Å². The molecule has 19 heavy (non-hydrogen) atoms. The maximum absolute atomic E-state index is 11.9. The monoisotopic (exact) mass is 293 g/mol. The fraction of sp³-hybridized carbons (Fsp3) is 0.538. The number of rotatable bonds is 5. The highest BCUT2D eigenvalue weighted by Gasteiger charge is 2.26. The van der Waals surface area contributed by atoms with E-state index in [-0.39, 0.29) is 12.5 Å². The average Bonchev–Trinajstić information content (AvgIpc) is 2.68. The molecule has 1 aliphatic rings. The first-order chi connectivity index (χ1) is 8.94. The van der Waals surface area contributed by atoms with E-state index in [0.29, 0.717) is 18.1 Å². The second kappa shape index (κ2) is 6.01. The highest BCUT2D eigenvalue weighted by Crippen LogP contribution is 2.30. The van der Waals surface area contributed by atoms with Crippen LogP contribution in [0.1, 0.15) is 18.4 Å². The van der Waals surface area contributed by atoms with Gasteiger partial charge in [-0.05, 0) is 36.7 Å². The van der Waals surface area contributed by atoms with E-state index >= 15 is 0 Å². The van der Waals surface area contributed by atoms with Crippen molar-refractivity contribution in [3.05, 3.63) is 28.8 Å². The molecule has 0 bridgehead atoms. The number of hydrogen-bond acceptors (Lipinski definition) is 2. The van der Waals surface area contributed by atoms with Crippen molar-refractivity contribution in [1.82, 2.24) is 5.32 Å². The van der Waals surface area contributed by atoms with E-state index in [0.717, 1.165) is 17.7 Å². The Morgan fingerprint density at radius 1 is 1.37 bits per heavy atom. The fourth-order valence-electron chi connectivity index (χ4n) is 2.08. The molecule has 0 amide bonds. The van der Waals surface area contributed by atoms with Crippen LogP contribution < -0.4 is 10.1 Å². The number of nitrogens with one attached hydrogen (secondary N) is 1. The highest BCUT2D eigenvalue weighted by atomic mass is 35.5. The van der Waals surface area contributed by atoms with Crippen LogP contribution in [-0.4, -0.2) is 25.4 Å². The maximum atomic E-state index is 11.9. The van der Waals surface area contributed by atoms with Crippen molar-refractivity contribution in [3.8, 4) is 5.75 Å². The van der Waals surface area contributed by atoms with E-state index in [9.17, 15) is 13.2 Å². The van der Waals surface area contributed by atoms with Gasteiger partial charge in [-0.3, -0.25) is 0 Å². The number of halogens is 4. The first kappa shape index (κ1) is 14.5. The molecule has 0 aliphatic carbocycles. The summed E-state index contributed by atoms with van der Waals surface area (Å²) in [6.45, 7) is 0.890. The molecule has 0 spiro atoms. The van der Waals surface area contributed by atoms with Gasteiger partial charge in [0.05, 0.1) is 0 Å². The zero-order valence-electron chi connectivity index (χ0n) is 10.3. The lowest BCUT2D eigenvalue weighted by Crippen LogP contribution is -2.31. The van der Waals surface area contributed by atoms with E-state index in [4.69, 9.17) is 16.3 Å². The van der Waals surface area contributed by atoms with Crippen molar-refractivity contribution in [2.24, 2.45) is 0 Å². The third-order valence-corrected chi connectivity index (χ3v) is 3.18. The van der Waals surface area contributed by atoms with Crippen LogP contribution in [0.15, 0.2) is 18.2 Å². The molecule has 0 aromatic heterocycles. The summed E-state index contributed by atoms with van der Waals surface area (Å²) in [6, 6.07) is 5.45. The molecule has 0 radical (unpaired) electrons. The minimum absolute atomic E-state index is 0.0284. The van der Waals surface area contributed by atoms with E-state index in [2.05, 4.69) is 5.32 Å². The normalized spacial score (nSPS) is 18.2. The Kier molecular flexibility index (Phi) is 4.58. The molecule has 1 unspecified atom stereocenters. The summed E-state index contributed by atoms with van der Waals surface area (Å²) in [4.78, 5) is 0. The summed E-state index contributed by atoms with van der Waals surface area (Å²) in [5.74, 6) is 0.812. The zero-order chi connectivity index (χ0) is 13.9. The fourth-order valence-corrected chi connectivity index (χ4v) is 2.27. The molecular formula is C13H15ClF3NO. The summed E-state index contributed by atoms with van der Waals surface area (Å²) in [5, 5.41) is 3.66. The molecule has 2 nitrogen and oxygen atoms in total. The van der Waals surface area contributed by atoms with Gasteiger partial charge in [-0.15, -0.1) is 0 Å². The number of alkyl halides is 3. The largest absolute Gasteiger partial charge is 0.488 e. The summed E-state index contributed by atoms with van der Waals surface area (Å²) < 4.78 is 41.5. The third-order valence-electron chi connectivity index (χ3n) is 2.95. The molecular weight excluding hydrogens is 279 g/mol. The lowest BCUT2D eigenvalue weighted by Gasteiger charge is -2.12. The van der Waals surface area contributed by atoms with Crippen molar-refractivity contribution < 1.29 is 17.9 Å². The number of benzene rings is 1. The van der Waals surface area contributed by atoms with Crippen LogP contribution in [0.2, 0.25) is 5.02 Å². The number of fused-ring (bicyclic) bond motifs is 1. The molecule has 0 fully saturated rings. The Balaban J connectivity index is 1.67. The smallest absolute Gasteiger partial charge is 0.389 e. The molecule has 1 atom stereocenters. The molecule has 106 valence electrons. The quantitative estimate of drug-likeness (QED) is 0.838. The minimum atomic E-state index is -4.07. The van der Waals surface area contributed by atoms with Gasteiger partial charge in [-0.1, -0.05) is 11.6 Å². The summed E-state index contributed by atoms with van der Waals surface area (Å²) in [7, 11) is 0. The van der Waals surface area contributed by atoms with Crippen molar-refractivity contribution in [2.75, 3.05) is 13.1 Å². The van der Waals surface area contributed by atoms with Crippen LogP contribution >= 0.6 is 11.6 Å². The average molecular weight is 294 g/mol. The van der Waals surface area contributed by atoms with Crippen molar-refractivity contribution in [2.45, 2.75) is 31.5 Å². The molecule has 1 aromatic rings. The van der Waals surface area contributed by atoms with Gasteiger partial charge in [0.1, 0.15) is 11.9 Å². The predicted octanol–water partition coefficient (Wildman–Crippen LogP) is 3.58. The molecule has 1 aliphatic heterocycles. The minimum Gasteiger partial charge on any atom is -0.488 e. The van der Waals surface area contributed by atoms with Crippen LogP contribution in [0.25, 0.3) is 0 Å². The van der Waals surface area contributed by atoms with E-state index in [1.54, 1.807) is 6.07 Å². The third kappa shape index (κ3) is 4.58. The molecule has 2 rings (SSSR count). The number of ether oxygens (including phenoxy) is 1. The lowest BCUT2D eigenvalue weighted by atomic mass is 10.1. The van der Waals surface area contributed by atoms with Crippen LogP contribution in [0.5, 0.6) is 5.75 Å². The Morgan fingerprint density at radius 3 is 2.89 bits per heavy atom. The maximum Gasteiger partial charge on any atom is 0.389 e. The Bertz CT molecular complexity index is 436. The van der Waals surface area contributed by atoms with E-state index in [1.807, 2.05) is 12.1 Å². The second-order valence-corrected chi connectivity index (χ2v) is 5.06. The SMILES string of the molecule is FC(F)(F)CCCNCC1Cc2cc(Cl)ccc2O1. The molecule has 0 saturated heterocycles. The Labute approximate surface area is 114 Å². The second-order valence-electron chi connectivity index (χ2n) is 4.62. The van der Waals surface area contributed by atoms with Crippen LogP contribution in [0.4, 0.5) is 13.2 Å². The first-order valence-corrected chi connectivity index (χ1v) is 6.54. The Morgan fingerprint density at radius 2 is 2.16 bits per heavy atom. The summed E-state index contributed by atoms with van der Waals surface area (Å²) in [6.07, 6.45) is -4.02. The van der Waals surface area contributed by atoms with Crippen molar-refractivity contribution >= 4 is 11.6 Å². The summed E-state index contributed by atoms with van der Waals surface area (Å²) in [5.41, 5.74) is 1.05. The van der Waals surface area contributed by atoms with Gasteiger partial charge < -0.3 is 10.1 Å². The van der Waals surface area contributed by atoms with Gasteiger partial charge in [-0.2, -0.15) is 13.2 Å². The summed E-state index contributed by atoms with van der Waals surface area (Å²) >= 11 is 5.88. The van der Waals surface area contributed by atoms with Gasteiger partial charge in [-0.25, -0.2) is 0 Å². The van der Waals surface area contributed by atoms with E-state index < -0.39 is 12.6 Å². The molecule has 0 saturated carbocycles. The molecule has 1 heterocycles. The molecule has 6 heteroatoms. The first-order valence-electron chi connectivity index (χ1n) is 6.16. The van der Waals surface area contributed by atoms with Crippen LogP contribution in [0.3, 0.4) is 0 Å². The van der Waals surface area contributed by atoms with Crippen LogP contribution in [-0.2, 0) is 6.42 Å². The van der Waals surface area contributed by atoms with Gasteiger partial charge >= 0.3 is 6.18 Å². The predicted molar refractivity (Wildman–Crippen MR) is 67.7 cm³/mol. The van der Waals surface area contributed by atoms with Gasteiger partial charge in [0.15, 0.2) is 0 Å². The van der Waals surface area contributed by atoms with Crippen LogP contribution in [0, 0.1) is 0 Å². The van der Waals surface area contributed by atoms with E-state index in [1.165, 1.54) is 0 Å². The Hall–Kier alpha value is -0.940. The van der Waals surface area contributed by atoms with Crippen molar-refractivity contribution in [3.63, 3.8) is 0 Å². The standard InChI is InChI=1S/C13H15ClF3NO/c14-10-2-3-12-9(6-10)7-11(19-12)8-18-5-1-4-13(15,16)17/h2-3,6,11,18H,1,4-5,7-8H2. The lowest BCUT2D eigenvalue weighted by molar-refractivity contribution is -0.135. The molecule has 1 aromatic carbocycles. The number of hydrogen-bond donors (Lipinski definition) is 1. The molecule has 1 N–H and O–H groups in total.